The van der Waals surface area contributed by atoms with E-state index in [0.29, 0.717) is 13.2 Å². The molecule has 1 aromatic rings. The molecule has 3 rings (SSSR count). The number of nitrogens with zero attached hydrogens (tertiary/aromatic N) is 3. The summed E-state index contributed by atoms with van der Waals surface area (Å²) in [5.74, 6) is 1.39. The summed E-state index contributed by atoms with van der Waals surface area (Å²) in [6.07, 6.45) is 5.85. The topological polar surface area (TPSA) is 98.5 Å². The van der Waals surface area contributed by atoms with Gasteiger partial charge in [-0.25, -0.2) is 4.99 Å². The molecule has 0 aromatic heterocycles. The first-order valence-corrected chi connectivity index (χ1v) is 10.2. The third-order valence-electron chi connectivity index (χ3n) is 5.29. The molecule has 0 radical (unpaired) electrons. The van der Waals surface area contributed by atoms with Gasteiger partial charge in [-0.3, -0.25) is 4.84 Å². The summed E-state index contributed by atoms with van der Waals surface area (Å²) in [6.45, 7) is 7.65. The fourth-order valence-corrected chi connectivity index (χ4v) is 3.73. The van der Waals surface area contributed by atoms with E-state index in [2.05, 4.69) is 42.9 Å². The lowest BCUT2D eigenvalue weighted by Gasteiger charge is -2.44. The van der Waals surface area contributed by atoms with Crippen LogP contribution in [0, 0.1) is 0 Å². The second kappa shape index (κ2) is 9.67. The molecule has 8 heteroatoms. The Labute approximate surface area is 179 Å². The second-order valence-corrected chi connectivity index (χ2v) is 8.59. The number of benzene rings is 1. The van der Waals surface area contributed by atoms with E-state index in [4.69, 9.17) is 21.0 Å². The Kier molecular flexibility index (Phi) is 7.77. The van der Waals surface area contributed by atoms with E-state index in [9.17, 15) is 0 Å². The summed E-state index contributed by atoms with van der Waals surface area (Å²) < 4.78 is 5.84. The molecule has 1 saturated carbocycles. The van der Waals surface area contributed by atoms with Gasteiger partial charge >= 0.3 is 0 Å². The van der Waals surface area contributed by atoms with E-state index < -0.39 is 5.66 Å². The zero-order valence-corrected chi connectivity index (χ0v) is 18.5. The van der Waals surface area contributed by atoms with Gasteiger partial charge in [0.1, 0.15) is 5.75 Å². The van der Waals surface area contributed by atoms with Crippen LogP contribution in [-0.2, 0) is 10.3 Å². The highest BCUT2D eigenvalue weighted by Crippen LogP contribution is 2.36. The Morgan fingerprint density at radius 2 is 1.69 bits per heavy atom. The lowest BCUT2D eigenvalue weighted by Crippen LogP contribution is -2.57. The van der Waals surface area contributed by atoms with Crippen molar-refractivity contribution in [3.8, 4) is 5.75 Å². The Hall–Kier alpha value is -1.99. The van der Waals surface area contributed by atoms with Crippen LogP contribution in [-0.4, -0.2) is 35.9 Å². The number of guanidine groups is 2. The van der Waals surface area contributed by atoms with E-state index in [1.54, 1.807) is 5.06 Å². The van der Waals surface area contributed by atoms with Crippen LogP contribution in [0.1, 0.15) is 64.9 Å². The van der Waals surface area contributed by atoms with Crippen molar-refractivity contribution < 1.29 is 9.57 Å². The average molecular weight is 424 g/mol. The van der Waals surface area contributed by atoms with Gasteiger partial charge < -0.3 is 16.2 Å². The molecule has 1 spiro atoms. The lowest BCUT2D eigenvalue weighted by atomic mass is 9.87. The predicted octanol–water partition coefficient (Wildman–Crippen LogP) is 3.71. The molecule has 1 fully saturated rings. The van der Waals surface area contributed by atoms with Crippen molar-refractivity contribution in [1.82, 2.24) is 5.06 Å². The highest BCUT2D eigenvalue weighted by molar-refractivity contribution is 5.95. The number of nitrogens with two attached hydrogens (primary N) is 2. The van der Waals surface area contributed by atoms with E-state index in [-0.39, 0.29) is 29.7 Å². The van der Waals surface area contributed by atoms with Crippen LogP contribution in [0.2, 0.25) is 0 Å². The molecule has 7 nitrogen and oxygen atoms in total. The molecular weight excluding hydrogens is 390 g/mol. The van der Waals surface area contributed by atoms with Crippen LogP contribution in [0.3, 0.4) is 0 Å². The minimum Gasteiger partial charge on any atom is -0.494 e. The van der Waals surface area contributed by atoms with Crippen molar-refractivity contribution >= 4 is 24.3 Å². The minimum atomic E-state index is -0.502. The lowest BCUT2D eigenvalue weighted by molar-refractivity contribution is -0.178. The van der Waals surface area contributed by atoms with E-state index in [0.717, 1.165) is 37.9 Å². The number of rotatable bonds is 6. The van der Waals surface area contributed by atoms with Crippen LogP contribution in [0.5, 0.6) is 5.75 Å². The third-order valence-corrected chi connectivity index (χ3v) is 5.29. The largest absolute Gasteiger partial charge is 0.494 e. The van der Waals surface area contributed by atoms with Crippen LogP contribution in [0.15, 0.2) is 34.3 Å². The van der Waals surface area contributed by atoms with Gasteiger partial charge in [-0.1, -0.05) is 39.3 Å². The van der Waals surface area contributed by atoms with Gasteiger partial charge in [0.15, 0.2) is 5.66 Å². The zero-order valence-electron chi connectivity index (χ0n) is 17.7. The van der Waals surface area contributed by atoms with E-state index in [1.165, 1.54) is 12.0 Å². The molecule has 1 aliphatic heterocycles. The maximum absolute atomic E-state index is 6.09. The molecule has 2 aliphatic rings. The van der Waals surface area contributed by atoms with E-state index in [1.807, 2.05) is 12.1 Å². The molecule has 1 aromatic carbocycles. The average Bonchev–Trinajstić information content (AvgIpc) is 2.63. The molecule has 1 aliphatic carbocycles. The summed E-state index contributed by atoms with van der Waals surface area (Å²) in [6, 6.07) is 8.27. The van der Waals surface area contributed by atoms with Gasteiger partial charge in [-0.05, 0) is 48.8 Å². The molecule has 0 unspecified atom stereocenters. The smallest absolute Gasteiger partial charge is 0.226 e. The van der Waals surface area contributed by atoms with Crippen LogP contribution >= 0.6 is 12.4 Å². The quantitative estimate of drug-likeness (QED) is 0.679. The number of ether oxygens (including phenoxy) is 1. The van der Waals surface area contributed by atoms with E-state index >= 15 is 0 Å². The van der Waals surface area contributed by atoms with Gasteiger partial charge in [-0.2, -0.15) is 10.1 Å². The zero-order chi connectivity index (χ0) is 20.2. The third kappa shape index (κ3) is 5.76. The van der Waals surface area contributed by atoms with Crippen LogP contribution in [0.4, 0.5) is 0 Å². The first kappa shape index (κ1) is 23.3. The fourth-order valence-electron chi connectivity index (χ4n) is 3.73. The summed E-state index contributed by atoms with van der Waals surface area (Å²) in [5, 5.41) is 1.67. The molecule has 29 heavy (non-hydrogen) atoms. The fraction of sp³-hybridized carbons (Fsp3) is 0.619. The first-order chi connectivity index (χ1) is 13.3. The second-order valence-electron chi connectivity index (χ2n) is 8.59. The van der Waals surface area contributed by atoms with Gasteiger partial charge in [0.2, 0.25) is 11.9 Å². The highest BCUT2D eigenvalue weighted by Gasteiger charge is 2.42. The van der Waals surface area contributed by atoms with Crippen molar-refractivity contribution in [3.05, 3.63) is 29.8 Å². The minimum absolute atomic E-state index is 0. The molecule has 162 valence electrons. The van der Waals surface area contributed by atoms with Crippen molar-refractivity contribution in [1.29, 1.82) is 0 Å². The van der Waals surface area contributed by atoms with Gasteiger partial charge in [0.05, 0.1) is 13.2 Å². The maximum Gasteiger partial charge on any atom is 0.226 e. The summed E-state index contributed by atoms with van der Waals surface area (Å²) in [7, 11) is 0. The number of aliphatic imine (C=N–C) groups is 2. The highest BCUT2D eigenvalue weighted by atomic mass is 35.5. The number of hydrogen-bond acceptors (Lipinski definition) is 7. The molecular formula is C21H34ClN5O2. The standard InChI is InChI=1S/C21H33N5O2.ClH/c1-20(2,3)16-8-10-17(11-9-16)27-14-7-15-28-26-19(23)24-18(22)25-21(26)12-5-4-6-13-21;/h8-11H,4-7,12-15H2,1-3H3,(H4,22,23,24,25);1H. The summed E-state index contributed by atoms with van der Waals surface area (Å²) in [4.78, 5) is 14.6. The first-order valence-electron chi connectivity index (χ1n) is 10.2. The molecule has 0 atom stereocenters. The molecule has 4 N–H and O–H groups in total. The monoisotopic (exact) mass is 423 g/mol. The summed E-state index contributed by atoms with van der Waals surface area (Å²) in [5.41, 5.74) is 12.9. The van der Waals surface area contributed by atoms with Crippen LogP contribution in [0.25, 0.3) is 0 Å². The molecule has 0 amide bonds. The maximum atomic E-state index is 6.09. The molecule has 0 saturated heterocycles. The van der Waals surface area contributed by atoms with Crippen LogP contribution < -0.4 is 16.2 Å². The Bertz CT molecular complexity index is 722. The van der Waals surface area contributed by atoms with Crippen molar-refractivity contribution in [2.45, 2.75) is 70.4 Å². The van der Waals surface area contributed by atoms with Crippen molar-refractivity contribution in [2.24, 2.45) is 21.5 Å². The van der Waals surface area contributed by atoms with Crippen molar-refractivity contribution in [3.63, 3.8) is 0 Å². The Balaban J connectivity index is 0.00000300. The SMILES string of the molecule is CC(C)(C)c1ccc(OCCCON2C(N)=NC(N)=NC23CCCCC3)cc1.Cl. The van der Waals surface area contributed by atoms with Gasteiger partial charge in [0.25, 0.3) is 0 Å². The van der Waals surface area contributed by atoms with Crippen molar-refractivity contribution in [2.75, 3.05) is 13.2 Å². The number of halogens is 1. The van der Waals surface area contributed by atoms with Gasteiger partial charge in [-0.15, -0.1) is 12.4 Å². The Morgan fingerprint density at radius 1 is 1.03 bits per heavy atom. The summed E-state index contributed by atoms with van der Waals surface area (Å²) >= 11 is 0. The Morgan fingerprint density at radius 3 is 2.31 bits per heavy atom. The molecule has 1 heterocycles. The number of hydrogen-bond donors (Lipinski definition) is 2. The predicted molar refractivity (Wildman–Crippen MR) is 119 cm³/mol. The number of hydroxylamine groups is 2. The van der Waals surface area contributed by atoms with Gasteiger partial charge in [0, 0.05) is 6.42 Å². The molecule has 0 bridgehead atoms. The normalized spacial score (nSPS) is 18.7.